The van der Waals surface area contributed by atoms with E-state index < -0.39 is 12.1 Å². The van der Waals surface area contributed by atoms with Gasteiger partial charge in [0.2, 0.25) is 11.8 Å². The van der Waals surface area contributed by atoms with Crippen LogP contribution >= 0.6 is 0 Å². The van der Waals surface area contributed by atoms with Gasteiger partial charge in [-0.3, -0.25) is 14.4 Å². The van der Waals surface area contributed by atoms with Crippen LogP contribution in [0.3, 0.4) is 0 Å². The van der Waals surface area contributed by atoms with Crippen molar-refractivity contribution in [3.05, 3.63) is 18.2 Å². The molecule has 1 saturated heterocycles. The summed E-state index contributed by atoms with van der Waals surface area (Å²) in [5, 5.41) is 8.04. The Balaban J connectivity index is 1.72. The second-order valence-corrected chi connectivity index (χ2v) is 5.11. The lowest BCUT2D eigenvalue weighted by Gasteiger charge is -2.23. The molecule has 0 spiro atoms. The Morgan fingerprint density at radius 3 is 2.90 bits per heavy atom. The third-order valence-electron chi connectivity index (χ3n) is 3.49. The molecule has 0 aliphatic carbocycles. The Labute approximate surface area is 121 Å². The second kappa shape index (κ2) is 5.08. The predicted molar refractivity (Wildman–Crippen MR) is 75.0 cm³/mol. The van der Waals surface area contributed by atoms with Gasteiger partial charge in [-0.05, 0) is 31.5 Å². The average Bonchev–Trinajstić information content (AvgIpc) is 2.87. The van der Waals surface area contributed by atoms with Gasteiger partial charge >= 0.3 is 0 Å². The van der Waals surface area contributed by atoms with E-state index in [1.807, 2.05) is 0 Å². The lowest BCUT2D eigenvalue weighted by molar-refractivity contribution is -0.123. The normalized spacial score (nSPS) is 23.7. The zero-order chi connectivity index (χ0) is 15.0. The maximum atomic E-state index is 12.0. The monoisotopic (exact) mass is 289 g/mol. The summed E-state index contributed by atoms with van der Waals surface area (Å²) in [5.41, 5.74) is 1.06. The van der Waals surface area contributed by atoms with Crippen LogP contribution in [0, 0.1) is 0 Å². The fourth-order valence-corrected chi connectivity index (χ4v) is 2.33. The zero-order valence-corrected chi connectivity index (χ0v) is 11.4. The molecule has 1 aromatic rings. The molecule has 3 N–H and O–H groups in total. The van der Waals surface area contributed by atoms with E-state index in [4.69, 9.17) is 4.74 Å². The minimum atomic E-state index is -0.536. The lowest BCUT2D eigenvalue weighted by Crippen LogP contribution is -2.37. The Morgan fingerprint density at radius 2 is 2.19 bits per heavy atom. The first-order valence-corrected chi connectivity index (χ1v) is 6.75. The number of ether oxygens (including phenoxy) is 1. The van der Waals surface area contributed by atoms with E-state index >= 15 is 0 Å². The highest BCUT2D eigenvalue weighted by atomic mass is 16.5. The van der Waals surface area contributed by atoms with Gasteiger partial charge in [0.15, 0.2) is 6.10 Å². The molecule has 110 valence electrons. The number of rotatable bonds is 2. The molecule has 0 bridgehead atoms. The highest BCUT2D eigenvalue weighted by Crippen LogP contribution is 2.32. The molecule has 1 aromatic carbocycles. The number of fused-ring (bicyclic) bond motifs is 1. The Kier molecular flexibility index (Phi) is 3.25. The second-order valence-electron chi connectivity index (χ2n) is 5.11. The Hall–Kier alpha value is -2.57. The van der Waals surface area contributed by atoms with Crippen molar-refractivity contribution < 1.29 is 19.1 Å². The zero-order valence-electron chi connectivity index (χ0n) is 11.4. The van der Waals surface area contributed by atoms with Crippen molar-refractivity contribution in [2.75, 3.05) is 10.6 Å². The summed E-state index contributed by atoms with van der Waals surface area (Å²) in [6.07, 6.45) is 0.323. The van der Waals surface area contributed by atoms with E-state index in [0.717, 1.165) is 0 Å². The minimum absolute atomic E-state index is 0.116. The molecule has 2 heterocycles. The fraction of sp³-hybridized carbons (Fsp3) is 0.357. The molecular formula is C14H15N3O4. The molecule has 0 radical (unpaired) electrons. The van der Waals surface area contributed by atoms with Gasteiger partial charge in [-0.1, -0.05) is 0 Å². The van der Waals surface area contributed by atoms with Gasteiger partial charge in [-0.2, -0.15) is 0 Å². The number of hydrogen-bond donors (Lipinski definition) is 3. The summed E-state index contributed by atoms with van der Waals surface area (Å²) in [6.45, 7) is 1.66. The predicted octanol–water partition coefficient (Wildman–Crippen LogP) is 0.623. The average molecular weight is 289 g/mol. The number of anilines is 2. The van der Waals surface area contributed by atoms with E-state index in [2.05, 4.69) is 16.0 Å². The lowest BCUT2D eigenvalue weighted by atomic mass is 10.2. The van der Waals surface area contributed by atoms with Crippen molar-refractivity contribution in [3.63, 3.8) is 0 Å². The van der Waals surface area contributed by atoms with E-state index in [1.165, 1.54) is 0 Å². The molecule has 21 heavy (non-hydrogen) atoms. The largest absolute Gasteiger partial charge is 0.479 e. The van der Waals surface area contributed by atoms with Crippen LogP contribution in [0.1, 0.15) is 19.8 Å². The molecule has 0 unspecified atom stereocenters. The van der Waals surface area contributed by atoms with E-state index in [9.17, 15) is 14.4 Å². The van der Waals surface area contributed by atoms with Crippen LogP contribution in [0.5, 0.6) is 5.75 Å². The summed E-state index contributed by atoms with van der Waals surface area (Å²) in [7, 11) is 0. The smallest absolute Gasteiger partial charge is 0.265 e. The van der Waals surface area contributed by atoms with Gasteiger partial charge in [-0.25, -0.2) is 0 Å². The third-order valence-corrected chi connectivity index (χ3v) is 3.49. The molecule has 2 aliphatic heterocycles. The topological polar surface area (TPSA) is 96.5 Å². The van der Waals surface area contributed by atoms with Gasteiger partial charge in [-0.15, -0.1) is 0 Å². The number of hydrogen-bond acceptors (Lipinski definition) is 4. The van der Waals surface area contributed by atoms with Crippen LogP contribution in [0.25, 0.3) is 0 Å². The third kappa shape index (κ3) is 2.67. The highest BCUT2D eigenvalue weighted by Gasteiger charge is 2.28. The van der Waals surface area contributed by atoms with E-state index in [-0.39, 0.29) is 17.7 Å². The van der Waals surface area contributed by atoms with Crippen molar-refractivity contribution in [1.29, 1.82) is 0 Å². The first-order valence-electron chi connectivity index (χ1n) is 6.75. The van der Waals surface area contributed by atoms with Crippen LogP contribution < -0.4 is 20.7 Å². The number of amides is 3. The quantitative estimate of drug-likeness (QED) is 0.743. The van der Waals surface area contributed by atoms with Gasteiger partial charge in [0.1, 0.15) is 11.8 Å². The maximum Gasteiger partial charge on any atom is 0.265 e. The van der Waals surface area contributed by atoms with Crippen LogP contribution in [0.15, 0.2) is 18.2 Å². The van der Waals surface area contributed by atoms with Crippen molar-refractivity contribution in [2.24, 2.45) is 0 Å². The molecule has 7 heteroatoms. The van der Waals surface area contributed by atoms with E-state index in [1.54, 1.807) is 25.1 Å². The van der Waals surface area contributed by atoms with Gasteiger partial charge in [0.05, 0.1) is 5.69 Å². The van der Waals surface area contributed by atoms with Crippen LogP contribution in [0.4, 0.5) is 11.4 Å². The van der Waals surface area contributed by atoms with Crippen LogP contribution in [-0.4, -0.2) is 29.9 Å². The van der Waals surface area contributed by atoms with Gasteiger partial charge in [0, 0.05) is 12.1 Å². The van der Waals surface area contributed by atoms with Crippen molar-refractivity contribution >= 4 is 29.1 Å². The molecule has 2 atom stereocenters. The minimum Gasteiger partial charge on any atom is -0.479 e. The molecule has 7 nitrogen and oxygen atoms in total. The summed E-state index contributed by atoms with van der Waals surface area (Å²) in [6, 6.07) is 4.51. The Bertz CT molecular complexity index is 629. The highest BCUT2D eigenvalue weighted by molar-refractivity contribution is 6.01. The molecule has 3 rings (SSSR count). The maximum absolute atomic E-state index is 12.0. The summed E-state index contributed by atoms with van der Waals surface area (Å²) >= 11 is 0. The number of carbonyl (C=O) groups excluding carboxylic acids is 3. The number of carbonyl (C=O) groups is 3. The number of nitrogens with one attached hydrogen (secondary N) is 3. The summed E-state index contributed by atoms with van der Waals surface area (Å²) in [4.78, 5) is 34.7. The summed E-state index contributed by atoms with van der Waals surface area (Å²) in [5.74, 6) is -0.0456. The molecule has 3 amide bonds. The van der Waals surface area contributed by atoms with Crippen molar-refractivity contribution in [3.8, 4) is 5.75 Å². The first kappa shape index (κ1) is 13.4. The molecule has 0 saturated carbocycles. The summed E-state index contributed by atoms with van der Waals surface area (Å²) < 4.78 is 5.44. The van der Waals surface area contributed by atoms with Crippen LogP contribution in [0.2, 0.25) is 0 Å². The molecule has 2 aliphatic rings. The first-order chi connectivity index (χ1) is 10.0. The molecule has 0 aromatic heterocycles. The molecule has 1 fully saturated rings. The van der Waals surface area contributed by atoms with Crippen molar-refractivity contribution in [2.45, 2.75) is 31.9 Å². The standard InChI is InChI=1S/C14H15N3O4/c1-7-13(19)17-10-6-8(2-4-11(10)21-7)15-14(20)9-3-5-12(18)16-9/h2,4,6-7,9H,3,5H2,1H3,(H,15,20)(H,16,18)(H,17,19)/t7-,9+/m1/s1. The fourth-order valence-electron chi connectivity index (χ4n) is 2.33. The Morgan fingerprint density at radius 1 is 1.38 bits per heavy atom. The SMILES string of the molecule is C[C@H]1Oc2ccc(NC(=O)[C@@H]3CCC(=O)N3)cc2NC1=O. The molecular weight excluding hydrogens is 274 g/mol. The van der Waals surface area contributed by atoms with Crippen molar-refractivity contribution in [1.82, 2.24) is 5.32 Å². The van der Waals surface area contributed by atoms with E-state index in [0.29, 0.717) is 30.0 Å². The number of benzene rings is 1. The van der Waals surface area contributed by atoms with Gasteiger partial charge < -0.3 is 20.7 Å². The van der Waals surface area contributed by atoms with Crippen LogP contribution in [-0.2, 0) is 14.4 Å². The van der Waals surface area contributed by atoms with Gasteiger partial charge in [0.25, 0.3) is 5.91 Å².